The number of hydrogen-bond donors (Lipinski definition) is 2. The zero-order valence-electron chi connectivity index (χ0n) is 26.1. The van der Waals surface area contributed by atoms with Gasteiger partial charge in [0.2, 0.25) is 11.8 Å². The first-order chi connectivity index (χ1) is 22.7. The molecule has 2 aromatic carbocycles. The van der Waals surface area contributed by atoms with Crippen LogP contribution >= 0.6 is 0 Å². The number of benzene rings is 2. The third-order valence-corrected chi connectivity index (χ3v) is 8.68. The van der Waals surface area contributed by atoms with Gasteiger partial charge in [0, 0.05) is 44.1 Å². The second-order valence-corrected chi connectivity index (χ2v) is 12.3. The number of aryl methyl sites for hydroxylation is 1. The van der Waals surface area contributed by atoms with Crippen molar-refractivity contribution in [3.8, 4) is 17.9 Å². The molecule has 1 atom stereocenters. The first-order valence-corrected chi connectivity index (χ1v) is 15.0. The number of nitrogens with one attached hydrogen (secondary N) is 2. The molecule has 0 aliphatic carbocycles. The summed E-state index contributed by atoms with van der Waals surface area (Å²) < 4.78 is 44.4. The van der Waals surface area contributed by atoms with Crippen LogP contribution in [0.4, 0.5) is 24.5 Å². The van der Waals surface area contributed by atoms with E-state index in [9.17, 15) is 32.3 Å². The van der Waals surface area contributed by atoms with Gasteiger partial charge in [0.15, 0.2) is 0 Å². The van der Waals surface area contributed by atoms with Crippen LogP contribution in [0.3, 0.4) is 0 Å². The maximum absolute atomic E-state index is 13.4. The predicted molar refractivity (Wildman–Crippen MR) is 168 cm³/mol. The highest BCUT2D eigenvalue weighted by molar-refractivity contribution is 6.00. The molecule has 1 unspecified atom stereocenters. The van der Waals surface area contributed by atoms with E-state index in [2.05, 4.69) is 32.5 Å². The van der Waals surface area contributed by atoms with Crippen LogP contribution in [-0.4, -0.2) is 49.7 Å². The van der Waals surface area contributed by atoms with Gasteiger partial charge in [-0.2, -0.15) is 23.5 Å². The van der Waals surface area contributed by atoms with E-state index in [1.54, 1.807) is 33.2 Å². The average Bonchev–Trinajstić information content (AvgIpc) is 3.59. The van der Waals surface area contributed by atoms with Crippen LogP contribution < -0.4 is 21.2 Å². The molecule has 2 fully saturated rings. The van der Waals surface area contributed by atoms with Gasteiger partial charge in [0.1, 0.15) is 11.6 Å². The number of anilines is 2. The third-order valence-electron chi connectivity index (χ3n) is 8.68. The van der Waals surface area contributed by atoms with Crippen molar-refractivity contribution in [2.75, 3.05) is 23.3 Å². The van der Waals surface area contributed by atoms with Gasteiger partial charge in [-0.25, -0.2) is 4.79 Å². The molecular formula is C33H29F3N8O4. The maximum Gasteiger partial charge on any atom is 0.417 e. The van der Waals surface area contributed by atoms with Crippen molar-refractivity contribution in [2.24, 2.45) is 13.0 Å². The first kappa shape index (κ1) is 32.1. The Hall–Kier alpha value is -5.83. The van der Waals surface area contributed by atoms with Crippen molar-refractivity contribution < 1.29 is 27.6 Å². The van der Waals surface area contributed by atoms with Crippen molar-refractivity contribution in [1.82, 2.24) is 24.2 Å². The Kier molecular flexibility index (Phi) is 7.87. The third kappa shape index (κ3) is 5.79. The molecule has 246 valence electrons. The second-order valence-electron chi connectivity index (χ2n) is 12.3. The number of rotatable bonds is 5. The van der Waals surface area contributed by atoms with E-state index in [0.717, 1.165) is 17.8 Å². The number of halogens is 3. The number of carbonyl (C=O) groups is 3. The van der Waals surface area contributed by atoms with Gasteiger partial charge in [0.25, 0.3) is 5.91 Å². The molecule has 3 amide bonds. The van der Waals surface area contributed by atoms with Crippen molar-refractivity contribution in [1.29, 1.82) is 5.26 Å². The van der Waals surface area contributed by atoms with Gasteiger partial charge >= 0.3 is 11.9 Å². The smallest absolute Gasteiger partial charge is 0.369 e. The lowest BCUT2D eigenvalue weighted by molar-refractivity contribution is -0.138. The molecule has 2 N–H and O–H groups in total. The molecule has 2 aliphatic rings. The minimum absolute atomic E-state index is 0.0384. The van der Waals surface area contributed by atoms with E-state index in [4.69, 9.17) is 5.26 Å². The molecule has 0 saturated carbocycles. The fourth-order valence-electron chi connectivity index (χ4n) is 5.78. The number of imide groups is 1. The number of alkyl halides is 3. The van der Waals surface area contributed by atoms with Crippen molar-refractivity contribution in [2.45, 2.75) is 44.4 Å². The number of amides is 3. The molecule has 2 aromatic heterocycles. The molecule has 2 aliphatic heterocycles. The molecule has 4 heterocycles. The molecule has 15 heteroatoms. The van der Waals surface area contributed by atoms with E-state index in [1.807, 2.05) is 12.1 Å². The largest absolute Gasteiger partial charge is 0.417 e. The summed E-state index contributed by atoms with van der Waals surface area (Å²) >= 11 is 0. The number of fused-ring (bicyclic) bond motifs is 1. The lowest BCUT2D eigenvalue weighted by Crippen LogP contribution is -2.46. The second kappa shape index (κ2) is 11.8. The summed E-state index contributed by atoms with van der Waals surface area (Å²) in [5, 5.41) is 18.1. The molecule has 48 heavy (non-hydrogen) atoms. The van der Waals surface area contributed by atoms with Crippen LogP contribution in [0, 0.1) is 29.1 Å². The number of aromatic nitrogens is 4. The summed E-state index contributed by atoms with van der Waals surface area (Å²) in [5.74, 6) is 4.86. The summed E-state index contributed by atoms with van der Waals surface area (Å²) in [4.78, 5) is 52.3. The molecule has 12 nitrogen and oxygen atoms in total. The fourth-order valence-corrected chi connectivity index (χ4v) is 5.78. The molecule has 4 aromatic rings. The summed E-state index contributed by atoms with van der Waals surface area (Å²) in [6.45, 7) is 4.40. The standard InChI is InChI=1S/C33H29F3N8O4/c1-32(2,30(47)39-22-7-6-21(14-37)24(12-22)33(34,35)36)43-18-19(15-38-43)4-5-20-16-42(17-20)23-8-9-25-27(13-23)41(3)31(48)44(25)26-10-11-28(45)40-29(26)46/h6-9,12-13,15,18,20,26H,10-11,16-17H2,1-3H3,(H,39,47)(H,40,45,46). The highest BCUT2D eigenvalue weighted by atomic mass is 19.4. The Morgan fingerprint density at radius 1 is 1.08 bits per heavy atom. The zero-order chi connectivity index (χ0) is 34.5. The Balaban J connectivity index is 1.10. The zero-order valence-corrected chi connectivity index (χ0v) is 26.1. The number of nitrogens with zero attached hydrogens (tertiary/aromatic N) is 6. The number of nitriles is 1. The van der Waals surface area contributed by atoms with Gasteiger partial charge in [-0.05, 0) is 56.7 Å². The van der Waals surface area contributed by atoms with Gasteiger partial charge in [-0.15, -0.1) is 0 Å². The van der Waals surface area contributed by atoms with Crippen LogP contribution in [0.1, 0.15) is 49.4 Å². The highest BCUT2D eigenvalue weighted by Gasteiger charge is 2.36. The predicted octanol–water partition coefficient (Wildman–Crippen LogP) is 3.27. The van der Waals surface area contributed by atoms with E-state index in [1.165, 1.54) is 32.1 Å². The van der Waals surface area contributed by atoms with Crippen molar-refractivity contribution in [3.05, 3.63) is 76.0 Å². The lowest BCUT2D eigenvalue weighted by atomic mass is 9.99. The fraction of sp³-hybridized carbons (Fsp3) is 0.333. The normalized spacial score (nSPS) is 16.9. The SMILES string of the molecule is Cn1c(=O)n(C2CCC(=O)NC2=O)c2ccc(N3CC(C#Cc4cnn(C(C)(C)C(=O)Nc5ccc(C#N)c(C(F)(F)F)c5)c4)C3)cc21. The topological polar surface area (TPSA) is 147 Å². The quantitative estimate of drug-likeness (QED) is 0.247. The summed E-state index contributed by atoms with van der Waals surface area (Å²) in [6, 6.07) is 9.30. The molecule has 6 rings (SSSR count). The summed E-state index contributed by atoms with van der Waals surface area (Å²) in [6.07, 6.45) is -1.25. The van der Waals surface area contributed by atoms with Crippen LogP contribution in [0.15, 0.2) is 53.6 Å². The lowest BCUT2D eigenvalue weighted by Gasteiger charge is -2.38. The van der Waals surface area contributed by atoms with Crippen LogP contribution in [0.25, 0.3) is 11.0 Å². The van der Waals surface area contributed by atoms with Crippen molar-refractivity contribution in [3.63, 3.8) is 0 Å². The summed E-state index contributed by atoms with van der Waals surface area (Å²) in [7, 11) is 1.64. The van der Waals surface area contributed by atoms with E-state index in [0.29, 0.717) is 29.7 Å². The van der Waals surface area contributed by atoms with Crippen molar-refractivity contribution >= 4 is 40.1 Å². The minimum Gasteiger partial charge on any atom is -0.369 e. The van der Waals surface area contributed by atoms with Crippen LogP contribution in [0.5, 0.6) is 0 Å². The number of imidazole rings is 1. The van der Waals surface area contributed by atoms with E-state index in [-0.39, 0.29) is 36.0 Å². The molecular weight excluding hydrogens is 629 g/mol. The van der Waals surface area contributed by atoms with Gasteiger partial charge in [-0.1, -0.05) is 11.8 Å². The first-order valence-electron chi connectivity index (χ1n) is 15.0. The molecule has 0 bridgehead atoms. The average molecular weight is 659 g/mol. The molecule has 0 radical (unpaired) electrons. The van der Waals surface area contributed by atoms with Crippen LogP contribution in [-0.2, 0) is 33.1 Å². The van der Waals surface area contributed by atoms with E-state index < -0.39 is 40.7 Å². The van der Waals surface area contributed by atoms with Gasteiger partial charge in [0.05, 0.1) is 45.9 Å². The Morgan fingerprint density at radius 2 is 1.83 bits per heavy atom. The number of piperidine rings is 1. The Bertz CT molecular complexity index is 2150. The molecule has 2 saturated heterocycles. The number of carbonyl (C=O) groups excluding carboxylic acids is 3. The molecule has 0 spiro atoms. The Morgan fingerprint density at radius 3 is 2.52 bits per heavy atom. The Labute approximate surface area is 271 Å². The monoisotopic (exact) mass is 658 g/mol. The highest BCUT2D eigenvalue weighted by Crippen LogP contribution is 2.34. The van der Waals surface area contributed by atoms with Gasteiger partial charge in [-0.3, -0.25) is 33.5 Å². The summed E-state index contributed by atoms with van der Waals surface area (Å²) in [5.41, 5.74) is -0.689. The maximum atomic E-state index is 13.4. The van der Waals surface area contributed by atoms with Gasteiger partial charge < -0.3 is 10.2 Å². The minimum atomic E-state index is -4.76. The number of hydrogen-bond acceptors (Lipinski definition) is 7. The van der Waals surface area contributed by atoms with Crippen LogP contribution in [0.2, 0.25) is 0 Å². The van der Waals surface area contributed by atoms with E-state index >= 15 is 0 Å².